The first-order chi connectivity index (χ1) is 7.13. The van der Waals surface area contributed by atoms with Gasteiger partial charge in [-0.15, -0.1) is 0 Å². The highest BCUT2D eigenvalue weighted by atomic mass is 16.2. The first-order valence-electron chi connectivity index (χ1n) is 6.11. The second-order valence-electron chi connectivity index (χ2n) is 5.02. The molecule has 1 rings (SSSR count). The molecule has 0 aromatic rings. The van der Waals surface area contributed by atoms with E-state index in [0.717, 1.165) is 31.3 Å². The molecule has 1 fully saturated rings. The van der Waals surface area contributed by atoms with Crippen molar-refractivity contribution in [2.75, 3.05) is 19.6 Å². The number of hydrogen-bond donors (Lipinski definition) is 1. The minimum Gasteiger partial charge on any atom is -0.342 e. The summed E-state index contributed by atoms with van der Waals surface area (Å²) >= 11 is 0. The third-order valence-corrected chi connectivity index (χ3v) is 3.04. The average molecular weight is 212 g/mol. The smallest absolute Gasteiger partial charge is 0.222 e. The summed E-state index contributed by atoms with van der Waals surface area (Å²) in [5.41, 5.74) is 5.40. The van der Waals surface area contributed by atoms with Gasteiger partial charge in [-0.2, -0.15) is 0 Å². The molecule has 0 aromatic carbocycles. The second kappa shape index (κ2) is 6.11. The minimum atomic E-state index is 0.298. The molecule has 2 N–H and O–H groups in total. The molecule has 1 amide bonds. The van der Waals surface area contributed by atoms with Gasteiger partial charge in [0.15, 0.2) is 0 Å². The molecule has 0 saturated carbocycles. The Hall–Kier alpha value is -0.570. The van der Waals surface area contributed by atoms with Gasteiger partial charge in [0.2, 0.25) is 5.91 Å². The lowest BCUT2D eigenvalue weighted by molar-refractivity contribution is -0.130. The first kappa shape index (κ1) is 12.5. The summed E-state index contributed by atoms with van der Waals surface area (Å²) in [5.74, 6) is 1.77. The summed E-state index contributed by atoms with van der Waals surface area (Å²) in [6.07, 6.45) is 3.89. The zero-order valence-corrected chi connectivity index (χ0v) is 10.0. The maximum Gasteiger partial charge on any atom is 0.222 e. The molecule has 0 unspecified atom stereocenters. The van der Waals surface area contributed by atoms with E-state index in [0.29, 0.717) is 18.9 Å². The zero-order valence-electron chi connectivity index (χ0n) is 10.0. The molecule has 0 aliphatic carbocycles. The molecule has 3 nitrogen and oxygen atoms in total. The highest BCUT2D eigenvalue weighted by Gasteiger charge is 2.25. The van der Waals surface area contributed by atoms with E-state index in [2.05, 4.69) is 13.8 Å². The second-order valence-corrected chi connectivity index (χ2v) is 5.02. The summed E-state index contributed by atoms with van der Waals surface area (Å²) in [6.45, 7) is 7.05. The zero-order chi connectivity index (χ0) is 11.3. The fourth-order valence-electron chi connectivity index (χ4n) is 2.33. The van der Waals surface area contributed by atoms with Crippen molar-refractivity contribution in [1.82, 2.24) is 4.90 Å². The molecule has 1 aliphatic rings. The lowest BCUT2D eigenvalue weighted by Crippen LogP contribution is -2.29. The molecule has 15 heavy (non-hydrogen) atoms. The molecule has 1 heterocycles. The van der Waals surface area contributed by atoms with Crippen molar-refractivity contribution in [2.24, 2.45) is 17.6 Å². The SMILES string of the molecule is CC(C)C[C@@H]1CCN(C(=O)CCCN)C1. The predicted molar refractivity (Wildman–Crippen MR) is 62.4 cm³/mol. The Kier molecular flexibility index (Phi) is 5.09. The van der Waals surface area contributed by atoms with E-state index in [1.807, 2.05) is 4.90 Å². The highest BCUT2D eigenvalue weighted by molar-refractivity contribution is 5.76. The number of nitrogens with two attached hydrogens (primary N) is 1. The van der Waals surface area contributed by atoms with Crippen molar-refractivity contribution in [1.29, 1.82) is 0 Å². The van der Waals surface area contributed by atoms with E-state index >= 15 is 0 Å². The predicted octanol–water partition coefficient (Wildman–Crippen LogP) is 1.62. The number of carbonyl (C=O) groups excluding carboxylic acids is 1. The van der Waals surface area contributed by atoms with Gasteiger partial charge < -0.3 is 10.6 Å². The average Bonchev–Trinajstić information content (AvgIpc) is 2.61. The van der Waals surface area contributed by atoms with E-state index in [1.165, 1.54) is 12.8 Å². The van der Waals surface area contributed by atoms with Gasteiger partial charge in [-0.1, -0.05) is 13.8 Å². The number of likely N-dealkylation sites (tertiary alicyclic amines) is 1. The summed E-state index contributed by atoms with van der Waals surface area (Å²) < 4.78 is 0. The molecule has 0 spiro atoms. The standard InChI is InChI=1S/C12H24N2O/c1-10(2)8-11-5-7-14(9-11)12(15)4-3-6-13/h10-11H,3-9,13H2,1-2H3/t11-/m0/s1. The van der Waals surface area contributed by atoms with Crippen molar-refractivity contribution in [3.63, 3.8) is 0 Å². The molecular formula is C12H24N2O. The Morgan fingerprint density at radius 1 is 1.53 bits per heavy atom. The number of carbonyl (C=O) groups is 1. The van der Waals surface area contributed by atoms with E-state index in [4.69, 9.17) is 5.73 Å². The Morgan fingerprint density at radius 3 is 2.87 bits per heavy atom. The Balaban J connectivity index is 2.26. The molecule has 0 radical (unpaired) electrons. The van der Waals surface area contributed by atoms with Gasteiger partial charge in [0.05, 0.1) is 0 Å². The number of amides is 1. The van der Waals surface area contributed by atoms with Crippen LogP contribution in [-0.2, 0) is 4.79 Å². The van der Waals surface area contributed by atoms with Gasteiger partial charge in [0, 0.05) is 19.5 Å². The van der Waals surface area contributed by atoms with Crippen LogP contribution in [-0.4, -0.2) is 30.4 Å². The van der Waals surface area contributed by atoms with Gasteiger partial charge in [-0.3, -0.25) is 4.79 Å². The van der Waals surface area contributed by atoms with Crippen LogP contribution in [0.15, 0.2) is 0 Å². The normalized spacial score (nSPS) is 21.3. The fraction of sp³-hybridized carbons (Fsp3) is 0.917. The van der Waals surface area contributed by atoms with Crippen LogP contribution in [0.2, 0.25) is 0 Å². The summed E-state index contributed by atoms with van der Waals surface area (Å²) in [7, 11) is 0. The van der Waals surface area contributed by atoms with Crippen LogP contribution >= 0.6 is 0 Å². The summed E-state index contributed by atoms with van der Waals surface area (Å²) in [4.78, 5) is 13.7. The lowest BCUT2D eigenvalue weighted by Gasteiger charge is -2.17. The van der Waals surface area contributed by atoms with Gasteiger partial charge in [0.25, 0.3) is 0 Å². The maximum absolute atomic E-state index is 11.7. The third kappa shape index (κ3) is 4.20. The van der Waals surface area contributed by atoms with Gasteiger partial charge in [-0.05, 0) is 37.6 Å². The van der Waals surface area contributed by atoms with Crippen molar-refractivity contribution in [3.8, 4) is 0 Å². The number of hydrogen-bond acceptors (Lipinski definition) is 2. The fourth-order valence-corrected chi connectivity index (χ4v) is 2.33. The van der Waals surface area contributed by atoms with Crippen LogP contribution in [0, 0.1) is 11.8 Å². The van der Waals surface area contributed by atoms with Crippen LogP contribution in [0.3, 0.4) is 0 Å². The van der Waals surface area contributed by atoms with E-state index in [-0.39, 0.29) is 0 Å². The highest BCUT2D eigenvalue weighted by Crippen LogP contribution is 2.23. The number of rotatable bonds is 5. The number of nitrogens with zero attached hydrogens (tertiary/aromatic N) is 1. The molecular weight excluding hydrogens is 188 g/mol. The van der Waals surface area contributed by atoms with Gasteiger partial charge in [0.1, 0.15) is 0 Å². The van der Waals surface area contributed by atoms with Crippen molar-refractivity contribution >= 4 is 5.91 Å². The molecule has 1 saturated heterocycles. The lowest BCUT2D eigenvalue weighted by atomic mass is 9.97. The quantitative estimate of drug-likeness (QED) is 0.752. The van der Waals surface area contributed by atoms with Crippen molar-refractivity contribution in [3.05, 3.63) is 0 Å². The van der Waals surface area contributed by atoms with E-state index < -0.39 is 0 Å². The largest absolute Gasteiger partial charge is 0.342 e. The van der Waals surface area contributed by atoms with Crippen LogP contribution in [0.4, 0.5) is 0 Å². The molecule has 3 heteroatoms. The van der Waals surface area contributed by atoms with Gasteiger partial charge >= 0.3 is 0 Å². The Labute approximate surface area is 93.0 Å². The molecule has 88 valence electrons. The van der Waals surface area contributed by atoms with Crippen LogP contribution in [0.1, 0.15) is 39.5 Å². The van der Waals surface area contributed by atoms with E-state index in [1.54, 1.807) is 0 Å². The van der Waals surface area contributed by atoms with Crippen molar-refractivity contribution < 1.29 is 4.79 Å². The van der Waals surface area contributed by atoms with Gasteiger partial charge in [-0.25, -0.2) is 0 Å². The van der Waals surface area contributed by atoms with Crippen LogP contribution in [0.25, 0.3) is 0 Å². The Bertz CT molecular complexity index is 204. The maximum atomic E-state index is 11.7. The molecule has 1 atom stereocenters. The third-order valence-electron chi connectivity index (χ3n) is 3.04. The van der Waals surface area contributed by atoms with Crippen LogP contribution < -0.4 is 5.73 Å². The summed E-state index contributed by atoms with van der Waals surface area (Å²) in [5, 5.41) is 0. The molecule has 0 bridgehead atoms. The van der Waals surface area contributed by atoms with E-state index in [9.17, 15) is 4.79 Å². The molecule has 0 aromatic heterocycles. The monoisotopic (exact) mass is 212 g/mol. The topological polar surface area (TPSA) is 46.3 Å². The van der Waals surface area contributed by atoms with Crippen LogP contribution in [0.5, 0.6) is 0 Å². The Morgan fingerprint density at radius 2 is 2.27 bits per heavy atom. The summed E-state index contributed by atoms with van der Waals surface area (Å²) in [6, 6.07) is 0. The minimum absolute atomic E-state index is 0.298. The first-order valence-corrected chi connectivity index (χ1v) is 6.11. The molecule has 1 aliphatic heterocycles. The van der Waals surface area contributed by atoms with Crippen molar-refractivity contribution in [2.45, 2.75) is 39.5 Å².